The van der Waals surface area contributed by atoms with Gasteiger partial charge in [-0.05, 0) is 54.1 Å². The molecule has 0 aliphatic carbocycles. The van der Waals surface area contributed by atoms with Crippen LogP contribution in [-0.2, 0) is 0 Å². The van der Waals surface area contributed by atoms with Gasteiger partial charge in [-0.15, -0.1) is 0 Å². The zero-order valence-electron chi connectivity index (χ0n) is 15.7. The van der Waals surface area contributed by atoms with Crippen LogP contribution < -0.4 is 9.47 Å². The second-order valence-electron chi connectivity index (χ2n) is 7.05. The standard InChI is InChI=1S/C23H18Cl2N2O2/c1-28-16-9-6-14(7-10-16)20-13-21-18-12-15(24)8-11-22(18)29-23(27(21)26-20)17-4-2-3-5-19(17)25/h2-12,21,23H,13H2,1H3/t21-,23-/m0/s1. The van der Waals surface area contributed by atoms with E-state index in [-0.39, 0.29) is 6.04 Å². The molecule has 0 saturated heterocycles. The summed E-state index contributed by atoms with van der Waals surface area (Å²) in [5, 5.41) is 8.28. The van der Waals surface area contributed by atoms with Crippen LogP contribution in [0.25, 0.3) is 0 Å². The number of hydrogen-bond acceptors (Lipinski definition) is 4. The molecule has 146 valence electrons. The Morgan fingerprint density at radius 2 is 1.79 bits per heavy atom. The molecule has 4 nitrogen and oxygen atoms in total. The molecular weight excluding hydrogens is 407 g/mol. The Morgan fingerprint density at radius 1 is 1.00 bits per heavy atom. The fourth-order valence-electron chi connectivity index (χ4n) is 3.90. The molecule has 0 fully saturated rings. The van der Waals surface area contributed by atoms with Crippen LogP contribution in [0.3, 0.4) is 0 Å². The average Bonchev–Trinajstić information content (AvgIpc) is 3.20. The number of hydrogen-bond donors (Lipinski definition) is 0. The van der Waals surface area contributed by atoms with Crippen molar-refractivity contribution in [3.8, 4) is 11.5 Å². The van der Waals surface area contributed by atoms with Gasteiger partial charge in [0.15, 0.2) is 0 Å². The molecule has 2 heterocycles. The highest BCUT2D eigenvalue weighted by atomic mass is 35.5. The maximum atomic E-state index is 6.50. The van der Waals surface area contributed by atoms with Crippen molar-refractivity contribution in [2.75, 3.05) is 7.11 Å². The zero-order chi connectivity index (χ0) is 20.0. The fourth-order valence-corrected chi connectivity index (χ4v) is 4.31. The molecule has 0 aromatic heterocycles. The summed E-state index contributed by atoms with van der Waals surface area (Å²) < 4.78 is 11.6. The Balaban J connectivity index is 1.59. The Morgan fingerprint density at radius 3 is 2.55 bits per heavy atom. The number of nitrogens with zero attached hydrogens (tertiary/aromatic N) is 2. The van der Waals surface area contributed by atoms with Gasteiger partial charge in [-0.1, -0.05) is 41.4 Å². The lowest BCUT2D eigenvalue weighted by atomic mass is 9.96. The first-order chi connectivity index (χ1) is 14.1. The lowest BCUT2D eigenvalue weighted by Crippen LogP contribution is -2.33. The van der Waals surface area contributed by atoms with Crippen LogP contribution in [0, 0.1) is 0 Å². The Bertz CT molecular complexity index is 1100. The predicted octanol–water partition coefficient (Wildman–Crippen LogP) is 6.24. The molecule has 3 aromatic carbocycles. The molecule has 29 heavy (non-hydrogen) atoms. The van der Waals surface area contributed by atoms with E-state index >= 15 is 0 Å². The van der Waals surface area contributed by atoms with Crippen molar-refractivity contribution in [3.63, 3.8) is 0 Å². The highest BCUT2D eigenvalue weighted by Crippen LogP contribution is 2.49. The number of benzene rings is 3. The SMILES string of the molecule is COc1ccc(C2=NN3[C@@H](C2)c2cc(Cl)ccc2O[C@H]3c2ccccc2Cl)cc1. The lowest BCUT2D eigenvalue weighted by molar-refractivity contribution is -0.0189. The van der Waals surface area contributed by atoms with Gasteiger partial charge in [-0.3, -0.25) is 0 Å². The van der Waals surface area contributed by atoms with Crippen LogP contribution in [0.1, 0.15) is 35.4 Å². The molecule has 0 N–H and O–H groups in total. The zero-order valence-corrected chi connectivity index (χ0v) is 17.2. The summed E-state index contributed by atoms with van der Waals surface area (Å²) in [4.78, 5) is 0. The minimum Gasteiger partial charge on any atom is -0.497 e. The monoisotopic (exact) mass is 424 g/mol. The molecule has 3 aromatic rings. The first-order valence-electron chi connectivity index (χ1n) is 9.35. The minimum absolute atomic E-state index is 0.0239. The topological polar surface area (TPSA) is 34.1 Å². The van der Waals surface area contributed by atoms with Crippen molar-refractivity contribution in [3.05, 3.63) is 93.5 Å². The van der Waals surface area contributed by atoms with Gasteiger partial charge in [-0.25, -0.2) is 5.01 Å². The summed E-state index contributed by atoms with van der Waals surface area (Å²) >= 11 is 12.8. The van der Waals surface area contributed by atoms with Crippen molar-refractivity contribution < 1.29 is 9.47 Å². The first kappa shape index (κ1) is 18.3. The number of halogens is 2. The summed E-state index contributed by atoms with van der Waals surface area (Å²) in [6.45, 7) is 0. The van der Waals surface area contributed by atoms with Gasteiger partial charge in [-0.2, -0.15) is 5.10 Å². The van der Waals surface area contributed by atoms with Crippen molar-refractivity contribution in [1.29, 1.82) is 0 Å². The summed E-state index contributed by atoms with van der Waals surface area (Å²) in [5.41, 5.74) is 3.97. The molecule has 2 atom stereocenters. The van der Waals surface area contributed by atoms with E-state index in [1.165, 1.54) is 0 Å². The molecule has 0 bridgehead atoms. The number of ether oxygens (including phenoxy) is 2. The van der Waals surface area contributed by atoms with Gasteiger partial charge in [0, 0.05) is 27.6 Å². The van der Waals surface area contributed by atoms with E-state index in [4.69, 9.17) is 37.8 Å². The van der Waals surface area contributed by atoms with Crippen molar-refractivity contribution in [1.82, 2.24) is 5.01 Å². The summed E-state index contributed by atoms with van der Waals surface area (Å²) in [5.74, 6) is 1.63. The summed E-state index contributed by atoms with van der Waals surface area (Å²) in [6.07, 6.45) is 0.349. The van der Waals surface area contributed by atoms with Crippen LogP contribution in [0.15, 0.2) is 71.8 Å². The van der Waals surface area contributed by atoms with Gasteiger partial charge >= 0.3 is 0 Å². The number of hydrazone groups is 1. The van der Waals surface area contributed by atoms with E-state index in [0.717, 1.165) is 40.3 Å². The number of rotatable bonds is 3. The molecule has 0 amide bonds. The fraction of sp³-hybridized carbons (Fsp3) is 0.174. The van der Waals surface area contributed by atoms with E-state index in [2.05, 4.69) is 0 Å². The third kappa shape index (κ3) is 3.22. The molecule has 5 rings (SSSR count). The first-order valence-corrected chi connectivity index (χ1v) is 10.1. The summed E-state index contributed by atoms with van der Waals surface area (Å²) in [7, 11) is 1.66. The highest BCUT2D eigenvalue weighted by molar-refractivity contribution is 6.31. The smallest absolute Gasteiger partial charge is 0.215 e. The van der Waals surface area contributed by atoms with Gasteiger partial charge in [0.2, 0.25) is 6.23 Å². The molecule has 0 radical (unpaired) electrons. The van der Waals surface area contributed by atoms with E-state index in [1.807, 2.05) is 71.7 Å². The van der Waals surface area contributed by atoms with Crippen molar-refractivity contribution in [2.45, 2.75) is 18.7 Å². The quantitative estimate of drug-likeness (QED) is 0.498. The Hall–Kier alpha value is -2.69. The molecule has 0 spiro atoms. The molecule has 6 heteroatoms. The molecule has 0 saturated carbocycles. The maximum absolute atomic E-state index is 6.50. The van der Waals surface area contributed by atoms with Crippen molar-refractivity contribution in [2.24, 2.45) is 5.10 Å². The Labute approximate surface area is 179 Å². The van der Waals surface area contributed by atoms with E-state index in [0.29, 0.717) is 10.0 Å². The van der Waals surface area contributed by atoms with E-state index in [1.54, 1.807) is 7.11 Å². The lowest BCUT2D eigenvalue weighted by Gasteiger charge is -2.38. The van der Waals surface area contributed by atoms with Crippen LogP contribution in [0.5, 0.6) is 11.5 Å². The second-order valence-corrected chi connectivity index (χ2v) is 7.89. The normalized spacial score (nSPS) is 19.8. The van der Waals surface area contributed by atoms with E-state index in [9.17, 15) is 0 Å². The number of methoxy groups -OCH3 is 1. The van der Waals surface area contributed by atoms with Crippen molar-refractivity contribution >= 4 is 28.9 Å². The van der Waals surface area contributed by atoms with Gasteiger partial charge in [0.25, 0.3) is 0 Å². The molecule has 0 unspecified atom stereocenters. The third-order valence-electron chi connectivity index (χ3n) is 5.35. The van der Waals surface area contributed by atoms with Gasteiger partial charge in [0.1, 0.15) is 11.5 Å². The van der Waals surface area contributed by atoms with Crippen LogP contribution in [0.2, 0.25) is 10.0 Å². The molecular formula is C23H18Cl2N2O2. The highest BCUT2D eigenvalue weighted by Gasteiger charge is 2.41. The maximum Gasteiger partial charge on any atom is 0.215 e. The van der Waals surface area contributed by atoms with Crippen LogP contribution in [0.4, 0.5) is 0 Å². The molecule has 2 aliphatic rings. The third-order valence-corrected chi connectivity index (χ3v) is 5.93. The minimum atomic E-state index is -0.405. The van der Waals surface area contributed by atoms with Crippen LogP contribution in [-0.4, -0.2) is 17.8 Å². The summed E-state index contributed by atoms with van der Waals surface area (Å²) in [6, 6.07) is 21.4. The largest absolute Gasteiger partial charge is 0.497 e. The Kier molecular flexibility index (Phi) is 4.61. The second kappa shape index (κ2) is 7.29. The van der Waals surface area contributed by atoms with E-state index < -0.39 is 6.23 Å². The number of fused-ring (bicyclic) bond motifs is 3. The average molecular weight is 425 g/mol. The predicted molar refractivity (Wildman–Crippen MR) is 115 cm³/mol. The van der Waals surface area contributed by atoms with Gasteiger partial charge < -0.3 is 9.47 Å². The van der Waals surface area contributed by atoms with Gasteiger partial charge in [0.05, 0.1) is 18.9 Å². The van der Waals surface area contributed by atoms with Crippen LogP contribution >= 0.6 is 23.2 Å². The molecule has 2 aliphatic heterocycles.